The van der Waals surface area contributed by atoms with Crippen molar-refractivity contribution >= 4 is 33.4 Å². The number of nitrogens with zero attached hydrogens (tertiary/aromatic N) is 1. The third-order valence-electron chi connectivity index (χ3n) is 9.71. The minimum atomic E-state index is -0.670. The Morgan fingerprint density at radius 2 is 0.907 bits per heavy atom. The maximum absolute atomic E-state index is 15.1. The molecule has 0 atom stereocenters. The molecule has 10 nitrogen and oxygen atoms in total. The van der Waals surface area contributed by atoms with Gasteiger partial charge < -0.3 is 39.1 Å². The van der Waals surface area contributed by atoms with Gasteiger partial charge in [0.05, 0.1) is 53.8 Å². The Bertz CT molecular complexity index is 2330. The van der Waals surface area contributed by atoms with Gasteiger partial charge in [0.15, 0.2) is 23.0 Å². The number of rotatable bonds is 13. The van der Waals surface area contributed by atoms with E-state index in [1.807, 2.05) is 97.6 Å². The molecule has 0 heterocycles. The highest BCUT2D eigenvalue weighted by Gasteiger charge is 2.31. The van der Waals surface area contributed by atoms with Crippen LogP contribution in [-0.4, -0.2) is 59.4 Å². The number of amides is 2. The molecule has 278 valence electrons. The minimum absolute atomic E-state index is 0.178. The second kappa shape index (κ2) is 15.7. The first-order valence-electron chi connectivity index (χ1n) is 17.3. The molecule has 2 amide bonds. The average molecular weight is 729 g/mol. The van der Waals surface area contributed by atoms with Crippen LogP contribution < -0.4 is 34.2 Å². The van der Waals surface area contributed by atoms with Crippen molar-refractivity contribution in [1.82, 2.24) is 4.90 Å². The zero-order valence-corrected chi connectivity index (χ0v) is 31.8. The van der Waals surface area contributed by atoms with Crippen LogP contribution in [-0.2, 0) is 13.1 Å². The van der Waals surface area contributed by atoms with E-state index in [9.17, 15) is 4.79 Å². The molecular weight excluding hydrogens is 684 g/mol. The largest absolute Gasteiger partial charge is 0.495 e. The molecule has 0 spiro atoms. The van der Waals surface area contributed by atoms with Gasteiger partial charge in [-0.1, -0.05) is 60.7 Å². The van der Waals surface area contributed by atoms with Gasteiger partial charge in [0.2, 0.25) is 0 Å². The lowest BCUT2D eigenvalue weighted by Gasteiger charge is -2.27. The molecule has 0 fully saturated rings. The van der Waals surface area contributed by atoms with Crippen molar-refractivity contribution in [2.24, 2.45) is 5.73 Å². The van der Waals surface area contributed by atoms with Gasteiger partial charge in [0, 0.05) is 45.8 Å². The van der Waals surface area contributed by atoms with Crippen molar-refractivity contribution in [2.75, 3.05) is 42.7 Å². The topological polar surface area (TPSA) is 119 Å². The molecule has 0 aliphatic carbocycles. The highest BCUT2D eigenvalue weighted by Crippen LogP contribution is 2.52. The Morgan fingerprint density at radius 3 is 1.28 bits per heavy atom. The molecule has 6 aromatic rings. The predicted octanol–water partition coefficient (Wildman–Crippen LogP) is 8.27. The Kier molecular flexibility index (Phi) is 10.8. The molecule has 0 radical (unpaired) electrons. The molecule has 0 unspecified atom stereocenters. The highest BCUT2D eigenvalue weighted by atomic mass is 16.5. The zero-order valence-electron chi connectivity index (χ0n) is 31.8. The van der Waals surface area contributed by atoms with Gasteiger partial charge in [-0.2, -0.15) is 0 Å². The summed E-state index contributed by atoms with van der Waals surface area (Å²) in [5.74, 6) is 1.30. The maximum Gasteiger partial charge on any atom is 0.259 e. The number of methoxy groups -OCH3 is 6. The van der Waals surface area contributed by atoms with Crippen molar-refractivity contribution in [3.63, 3.8) is 0 Å². The molecule has 0 saturated heterocycles. The number of ether oxygens (including phenoxy) is 6. The number of carbonyl (C=O) groups is 2. The monoisotopic (exact) mass is 728 g/mol. The molecule has 54 heavy (non-hydrogen) atoms. The van der Waals surface area contributed by atoms with Crippen LogP contribution in [0.15, 0.2) is 84.9 Å². The summed E-state index contributed by atoms with van der Waals surface area (Å²) in [6.45, 7) is 4.61. The van der Waals surface area contributed by atoms with E-state index in [2.05, 4.69) is 0 Å². The number of primary amides is 1. The first-order chi connectivity index (χ1) is 26.1. The normalized spacial score (nSPS) is 11.0. The van der Waals surface area contributed by atoms with Crippen LogP contribution in [0, 0.1) is 13.8 Å². The van der Waals surface area contributed by atoms with Gasteiger partial charge in [0.1, 0.15) is 11.5 Å². The number of fused-ring (bicyclic) bond motifs is 2. The highest BCUT2D eigenvalue weighted by molar-refractivity contribution is 6.16. The lowest BCUT2D eigenvalue weighted by atomic mass is 9.87. The van der Waals surface area contributed by atoms with Crippen LogP contribution in [0.25, 0.3) is 32.7 Å². The molecule has 0 aliphatic rings. The van der Waals surface area contributed by atoms with E-state index >= 15 is 4.79 Å². The zero-order chi connectivity index (χ0) is 38.7. The molecule has 2 N–H and O–H groups in total. The van der Waals surface area contributed by atoms with Crippen molar-refractivity contribution < 1.29 is 38.0 Å². The van der Waals surface area contributed by atoms with E-state index in [4.69, 9.17) is 34.2 Å². The molecular formula is C44H44N2O8. The van der Waals surface area contributed by atoms with E-state index in [0.29, 0.717) is 68.9 Å². The van der Waals surface area contributed by atoms with Gasteiger partial charge in [-0.05, 0) is 60.4 Å². The van der Waals surface area contributed by atoms with Crippen molar-refractivity contribution in [3.05, 3.63) is 118 Å². The molecule has 0 saturated carbocycles. The summed E-state index contributed by atoms with van der Waals surface area (Å²) in [6, 6.07) is 27.2. The lowest BCUT2D eigenvalue weighted by molar-refractivity contribution is 0.0728. The van der Waals surface area contributed by atoms with E-state index in [1.54, 1.807) is 27.4 Å². The molecule has 0 aromatic heterocycles. The van der Waals surface area contributed by atoms with E-state index in [-0.39, 0.29) is 17.2 Å². The maximum atomic E-state index is 15.1. The third-order valence-corrected chi connectivity index (χ3v) is 9.71. The van der Waals surface area contributed by atoms with Gasteiger partial charge >= 0.3 is 0 Å². The predicted molar refractivity (Wildman–Crippen MR) is 211 cm³/mol. The first-order valence-corrected chi connectivity index (χ1v) is 17.3. The molecule has 6 aromatic carbocycles. The summed E-state index contributed by atoms with van der Waals surface area (Å²) in [7, 11) is 9.19. The fourth-order valence-electron chi connectivity index (χ4n) is 7.37. The average Bonchev–Trinajstić information content (AvgIpc) is 3.18. The van der Waals surface area contributed by atoms with Crippen LogP contribution in [0.3, 0.4) is 0 Å². The summed E-state index contributed by atoms with van der Waals surface area (Å²) in [5, 5.41) is 2.39. The van der Waals surface area contributed by atoms with Gasteiger partial charge in [-0.25, -0.2) is 0 Å². The van der Waals surface area contributed by atoms with E-state index in [1.165, 1.54) is 21.3 Å². The van der Waals surface area contributed by atoms with Crippen LogP contribution in [0.1, 0.15) is 43.0 Å². The van der Waals surface area contributed by atoms with Gasteiger partial charge in [-0.15, -0.1) is 0 Å². The Balaban J connectivity index is 1.66. The number of nitrogens with two attached hydrogens (primary N) is 1. The minimum Gasteiger partial charge on any atom is -0.495 e. The van der Waals surface area contributed by atoms with Crippen molar-refractivity contribution in [2.45, 2.75) is 26.9 Å². The molecule has 10 heteroatoms. The number of aryl methyl sites for hydroxylation is 2. The number of hydrogen-bond donors (Lipinski definition) is 1. The smallest absolute Gasteiger partial charge is 0.259 e. The van der Waals surface area contributed by atoms with Crippen LogP contribution in [0.2, 0.25) is 0 Å². The van der Waals surface area contributed by atoms with Crippen molar-refractivity contribution in [1.29, 1.82) is 0 Å². The Hall–Kier alpha value is -6.42. The van der Waals surface area contributed by atoms with Gasteiger partial charge in [-0.3, -0.25) is 9.59 Å². The Morgan fingerprint density at radius 1 is 0.519 bits per heavy atom. The summed E-state index contributed by atoms with van der Waals surface area (Å²) < 4.78 is 35.5. The fourth-order valence-corrected chi connectivity index (χ4v) is 7.37. The summed E-state index contributed by atoms with van der Waals surface area (Å²) in [5.41, 5.74) is 11.4. The fraction of sp³-hybridized carbons (Fsp3) is 0.227. The van der Waals surface area contributed by atoms with Crippen LogP contribution in [0.4, 0.5) is 0 Å². The summed E-state index contributed by atoms with van der Waals surface area (Å²) in [6.07, 6.45) is 0. The van der Waals surface area contributed by atoms with Crippen LogP contribution in [0.5, 0.6) is 34.5 Å². The molecule has 0 aliphatic heterocycles. The third kappa shape index (κ3) is 6.55. The second-order valence-corrected chi connectivity index (χ2v) is 12.9. The van der Waals surface area contributed by atoms with Crippen LogP contribution >= 0.6 is 0 Å². The van der Waals surface area contributed by atoms with E-state index in [0.717, 1.165) is 33.4 Å². The summed E-state index contributed by atoms with van der Waals surface area (Å²) >= 11 is 0. The number of hydrogen-bond acceptors (Lipinski definition) is 8. The SMILES string of the molecule is COc1cc2c(OC)c(-c3c(C)cc4c(C(=O)N(Cc5ccccc5)Cc5ccccc5)c(OC)c(OC)cc4c3OC)c(C)cc2c(C(N)=O)c1OC. The molecule has 6 rings (SSSR count). The standard InChI is InChI=1S/C44H44N2O8/c1-25-19-29-31(21-33(49-3)41(53-7)37(29)43(45)47)39(51-5)35(25)36-26(2)20-30-32(40(36)52-6)22-34(50-4)42(54-8)38(30)44(48)46(23-27-15-11-9-12-16-27)24-28-17-13-10-14-18-28/h9-22H,23-24H2,1-8H3,(H2,45,47). The lowest BCUT2D eigenvalue weighted by Crippen LogP contribution is -2.30. The number of benzene rings is 6. The number of carbonyl (C=O) groups excluding carboxylic acids is 2. The van der Waals surface area contributed by atoms with Crippen molar-refractivity contribution in [3.8, 4) is 45.6 Å². The van der Waals surface area contributed by atoms with Gasteiger partial charge in [0.25, 0.3) is 11.8 Å². The van der Waals surface area contributed by atoms with E-state index < -0.39 is 5.91 Å². The second-order valence-electron chi connectivity index (χ2n) is 12.9. The first kappa shape index (κ1) is 37.3. The quantitative estimate of drug-likeness (QED) is 0.126. The summed E-state index contributed by atoms with van der Waals surface area (Å²) in [4.78, 5) is 29.7. The molecule has 0 bridgehead atoms. The Labute approximate surface area is 314 Å².